The Balaban J connectivity index is 2.21. The van der Waals surface area contributed by atoms with Gasteiger partial charge in [-0.05, 0) is 32.6 Å². The third-order valence-electron chi connectivity index (χ3n) is 3.63. The number of nitrogens with zero attached hydrogens (tertiary/aromatic N) is 3. The Bertz CT molecular complexity index is 459. The average molecular weight is 265 g/mol. The van der Waals surface area contributed by atoms with E-state index in [0.29, 0.717) is 23.3 Å². The van der Waals surface area contributed by atoms with E-state index < -0.39 is 5.97 Å². The van der Waals surface area contributed by atoms with E-state index in [-0.39, 0.29) is 12.2 Å². The third kappa shape index (κ3) is 2.84. The van der Waals surface area contributed by atoms with Gasteiger partial charge in [-0.1, -0.05) is 0 Å². The first-order chi connectivity index (χ1) is 9.02. The molecule has 0 saturated carbocycles. The van der Waals surface area contributed by atoms with Crippen LogP contribution in [0.4, 0.5) is 5.95 Å². The number of carbonyl (C=O) groups is 1. The van der Waals surface area contributed by atoms with Crippen LogP contribution in [0, 0.1) is 19.8 Å². The molecule has 0 bridgehead atoms. The van der Waals surface area contributed by atoms with E-state index in [1.165, 1.54) is 0 Å². The van der Waals surface area contributed by atoms with E-state index in [1.807, 2.05) is 0 Å². The maximum Gasteiger partial charge on any atom is 0.339 e. The quantitative estimate of drug-likeness (QED) is 0.848. The summed E-state index contributed by atoms with van der Waals surface area (Å²) in [5.74, 6) is -0.0336. The Morgan fingerprint density at radius 3 is 2.21 bits per heavy atom. The number of carboxylic acid groups (broad SMARTS) is 1. The fraction of sp³-hybridized carbons (Fsp3) is 0.615. The summed E-state index contributed by atoms with van der Waals surface area (Å²) in [4.78, 5) is 21.7. The molecule has 0 radical (unpaired) electrons. The topological polar surface area (TPSA) is 86.5 Å². The minimum atomic E-state index is -0.986. The number of aliphatic hydroxyl groups excluding tert-OH is 1. The summed E-state index contributed by atoms with van der Waals surface area (Å²) in [6.45, 7) is 5.22. The Kier molecular flexibility index (Phi) is 3.99. The number of anilines is 1. The molecule has 0 spiro atoms. The van der Waals surface area contributed by atoms with Crippen LogP contribution >= 0.6 is 0 Å². The SMILES string of the molecule is Cc1nc(N2CCC(CO)CC2)nc(C)c1C(=O)O. The molecule has 0 atom stereocenters. The molecule has 1 aliphatic rings. The zero-order chi connectivity index (χ0) is 14.0. The summed E-state index contributed by atoms with van der Waals surface area (Å²) in [6.07, 6.45) is 1.83. The highest BCUT2D eigenvalue weighted by Crippen LogP contribution is 2.22. The summed E-state index contributed by atoms with van der Waals surface area (Å²) in [5.41, 5.74) is 1.19. The smallest absolute Gasteiger partial charge is 0.339 e. The lowest BCUT2D eigenvalue weighted by Crippen LogP contribution is -2.36. The minimum Gasteiger partial charge on any atom is -0.478 e. The van der Waals surface area contributed by atoms with Crippen molar-refractivity contribution in [3.8, 4) is 0 Å². The van der Waals surface area contributed by atoms with Gasteiger partial charge in [0.05, 0.1) is 11.4 Å². The summed E-state index contributed by atoms with van der Waals surface area (Å²) < 4.78 is 0. The van der Waals surface area contributed by atoms with Crippen LogP contribution in [-0.2, 0) is 0 Å². The van der Waals surface area contributed by atoms with Gasteiger partial charge in [0.25, 0.3) is 0 Å². The lowest BCUT2D eigenvalue weighted by molar-refractivity contribution is 0.0694. The normalized spacial score (nSPS) is 16.7. The minimum absolute atomic E-state index is 0.189. The van der Waals surface area contributed by atoms with Gasteiger partial charge in [0, 0.05) is 19.7 Å². The number of aryl methyl sites for hydroxylation is 2. The molecule has 1 aliphatic heterocycles. The zero-order valence-corrected chi connectivity index (χ0v) is 11.3. The molecule has 6 nitrogen and oxygen atoms in total. The maximum absolute atomic E-state index is 11.1. The van der Waals surface area contributed by atoms with E-state index in [1.54, 1.807) is 13.8 Å². The highest BCUT2D eigenvalue weighted by molar-refractivity contribution is 5.90. The third-order valence-corrected chi connectivity index (χ3v) is 3.63. The van der Waals surface area contributed by atoms with Gasteiger partial charge < -0.3 is 15.1 Å². The standard InChI is InChI=1S/C13H19N3O3/c1-8-11(12(18)19)9(2)15-13(14-8)16-5-3-10(7-17)4-6-16/h10,17H,3-7H2,1-2H3,(H,18,19). The maximum atomic E-state index is 11.1. The van der Waals surface area contributed by atoms with E-state index in [0.717, 1.165) is 25.9 Å². The molecule has 2 heterocycles. The van der Waals surface area contributed by atoms with Gasteiger partial charge in [-0.2, -0.15) is 0 Å². The first kappa shape index (κ1) is 13.7. The van der Waals surface area contributed by atoms with Crippen molar-refractivity contribution in [2.75, 3.05) is 24.6 Å². The van der Waals surface area contributed by atoms with Crippen LogP contribution in [0.3, 0.4) is 0 Å². The van der Waals surface area contributed by atoms with Crippen LogP contribution < -0.4 is 4.90 Å². The number of hydrogen-bond donors (Lipinski definition) is 2. The predicted octanol–water partition coefficient (Wildman–Crippen LogP) is 1.00. The van der Waals surface area contributed by atoms with Crippen molar-refractivity contribution >= 4 is 11.9 Å². The molecule has 1 aromatic heterocycles. The zero-order valence-electron chi connectivity index (χ0n) is 11.3. The molecule has 0 amide bonds. The molecule has 2 rings (SSSR count). The van der Waals surface area contributed by atoms with Gasteiger partial charge in [-0.25, -0.2) is 14.8 Å². The molecule has 1 fully saturated rings. The van der Waals surface area contributed by atoms with Gasteiger partial charge in [-0.3, -0.25) is 0 Å². The Hall–Kier alpha value is -1.69. The summed E-state index contributed by atoms with van der Waals surface area (Å²) in [7, 11) is 0. The highest BCUT2D eigenvalue weighted by atomic mass is 16.4. The van der Waals surface area contributed by atoms with Crippen molar-refractivity contribution in [1.29, 1.82) is 0 Å². The fourth-order valence-electron chi connectivity index (χ4n) is 2.47. The number of hydrogen-bond acceptors (Lipinski definition) is 5. The Morgan fingerprint density at radius 1 is 1.26 bits per heavy atom. The number of aromatic carboxylic acids is 1. The lowest BCUT2D eigenvalue weighted by atomic mass is 9.98. The number of carboxylic acids is 1. The first-order valence-electron chi connectivity index (χ1n) is 6.47. The van der Waals surface area contributed by atoms with Crippen molar-refractivity contribution in [3.05, 3.63) is 17.0 Å². The second kappa shape index (κ2) is 5.52. The van der Waals surface area contributed by atoms with Crippen LogP contribution in [-0.4, -0.2) is 45.8 Å². The van der Waals surface area contributed by atoms with E-state index in [9.17, 15) is 4.79 Å². The number of aromatic nitrogens is 2. The molecule has 0 aromatic carbocycles. The molecular weight excluding hydrogens is 246 g/mol. The Morgan fingerprint density at radius 2 is 1.79 bits per heavy atom. The summed E-state index contributed by atoms with van der Waals surface area (Å²) >= 11 is 0. The largest absolute Gasteiger partial charge is 0.478 e. The lowest BCUT2D eigenvalue weighted by Gasteiger charge is -2.31. The van der Waals surface area contributed by atoms with E-state index in [2.05, 4.69) is 14.9 Å². The first-order valence-corrected chi connectivity index (χ1v) is 6.47. The van der Waals surface area contributed by atoms with Crippen LogP contribution in [0.1, 0.15) is 34.6 Å². The molecule has 0 aliphatic carbocycles. The van der Waals surface area contributed by atoms with Crippen LogP contribution in [0.5, 0.6) is 0 Å². The predicted molar refractivity (Wildman–Crippen MR) is 70.5 cm³/mol. The fourth-order valence-corrected chi connectivity index (χ4v) is 2.47. The van der Waals surface area contributed by atoms with E-state index in [4.69, 9.17) is 10.2 Å². The van der Waals surface area contributed by atoms with Gasteiger partial charge >= 0.3 is 5.97 Å². The van der Waals surface area contributed by atoms with Crippen LogP contribution in [0.15, 0.2) is 0 Å². The molecule has 2 N–H and O–H groups in total. The van der Waals surface area contributed by atoms with Gasteiger partial charge in [0.1, 0.15) is 5.56 Å². The molecule has 6 heteroatoms. The molecule has 0 unspecified atom stereocenters. The number of aliphatic hydroxyl groups is 1. The van der Waals surface area contributed by atoms with Crippen molar-refractivity contribution in [3.63, 3.8) is 0 Å². The second-order valence-corrected chi connectivity index (χ2v) is 4.99. The van der Waals surface area contributed by atoms with Crippen molar-refractivity contribution < 1.29 is 15.0 Å². The van der Waals surface area contributed by atoms with Gasteiger partial charge in [0.2, 0.25) is 5.95 Å². The van der Waals surface area contributed by atoms with Crippen molar-refractivity contribution in [2.45, 2.75) is 26.7 Å². The van der Waals surface area contributed by atoms with Crippen molar-refractivity contribution in [1.82, 2.24) is 9.97 Å². The molecule has 1 aromatic rings. The molecule has 19 heavy (non-hydrogen) atoms. The molecular formula is C13H19N3O3. The number of piperidine rings is 1. The average Bonchev–Trinajstić information content (AvgIpc) is 2.37. The van der Waals surface area contributed by atoms with Crippen LogP contribution in [0.25, 0.3) is 0 Å². The summed E-state index contributed by atoms with van der Waals surface area (Å²) in [6, 6.07) is 0. The molecule has 1 saturated heterocycles. The Labute approximate surface area is 112 Å². The second-order valence-electron chi connectivity index (χ2n) is 4.99. The molecule has 104 valence electrons. The van der Waals surface area contributed by atoms with Gasteiger partial charge in [-0.15, -0.1) is 0 Å². The van der Waals surface area contributed by atoms with Gasteiger partial charge in [0.15, 0.2) is 0 Å². The number of rotatable bonds is 3. The van der Waals surface area contributed by atoms with Crippen LogP contribution in [0.2, 0.25) is 0 Å². The van der Waals surface area contributed by atoms with E-state index >= 15 is 0 Å². The summed E-state index contributed by atoms with van der Waals surface area (Å²) in [5, 5.41) is 18.2. The monoisotopic (exact) mass is 265 g/mol. The highest BCUT2D eigenvalue weighted by Gasteiger charge is 2.22. The van der Waals surface area contributed by atoms with Crippen molar-refractivity contribution in [2.24, 2.45) is 5.92 Å².